The van der Waals surface area contributed by atoms with Crippen molar-refractivity contribution in [2.75, 3.05) is 13.1 Å². The summed E-state index contributed by atoms with van der Waals surface area (Å²) in [4.78, 5) is 19.8. The van der Waals surface area contributed by atoms with Gasteiger partial charge in [0, 0.05) is 25.7 Å². The van der Waals surface area contributed by atoms with Crippen LogP contribution in [0.15, 0.2) is 54.6 Å². The first-order valence-electron chi connectivity index (χ1n) is 11.0. The Morgan fingerprint density at radius 1 is 1.03 bits per heavy atom. The van der Waals surface area contributed by atoms with E-state index in [1.165, 1.54) is 11.1 Å². The van der Waals surface area contributed by atoms with E-state index in [-0.39, 0.29) is 18.0 Å². The number of nitrogens with zero attached hydrogens (tertiary/aromatic N) is 3. The molecule has 0 spiro atoms. The molecule has 6 heteroatoms. The van der Waals surface area contributed by atoms with Crippen LogP contribution in [-0.2, 0) is 11.3 Å². The molecule has 0 saturated carbocycles. The van der Waals surface area contributed by atoms with Gasteiger partial charge in [0.25, 0.3) is 0 Å². The number of nitrogens with one attached hydrogen (secondary N) is 2. The van der Waals surface area contributed by atoms with Crippen molar-refractivity contribution >= 4 is 16.9 Å². The lowest BCUT2D eigenvalue weighted by Crippen LogP contribution is -2.48. The molecule has 156 valence electrons. The maximum absolute atomic E-state index is 13.0. The number of benzene rings is 2. The molecule has 2 atom stereocenters. The van der Waals surface area contributed by atoms with Crippen LogP contribution >= 0.6 is 0 Å². The number of carbonyl (C=O) groups excluding carboxylic acids is 1. The molecule has 30 heavy (non-hydrogen) atoms. The van der Waals surface area contributed by atoms with E-state index in [1.54, 1.807) is 0 Å². The van der Waals surface area contributed by atoms with E-state index in [0.717, 1.165) is 50.2 Å². The predicted octanol–water partition coefficient (Wildman–Crippen LogP) is 3.19. The summed E-state index contributed by atoms with van der Waals surface area (Å²) in [5.41, 5.74) is 10.0. The largest absolute Gasteiger partial charge is 0.341 e. The predicted molar refractivity (Wildman–Crippen MR) is 118 cm³/mol. The minimum atomic E-state index is -0.147. The first-order chi connectivity index (χ1) is 14.7. The molecular weight excluding hydrogens is 374 g/mol. The Morgan fingerprint density at radius 3 is 2.57 bits per heavy atom. The zero-order valence-corrected chi connectivity index (χ0v) is 17.4. The van der Waals surface area contributed by atoms with Gasteiger partial charge in [0.2, 0.25) is 5.91 Å². The van der Waals surface area contributed by atoms with E-state index in [2.05, 4.69) is 57.7 Å². The minimum absolute atomic E-state index is 0.147. The molecule has 2 aromatic carbocycles. The standard InChI is InChI=1S/C24H29N5O/c1-17-25-20-9-5-6-10-23(20)29(17)16-18-11-13-28(14-12-18)24(30)22-15-21(26-27-22)19-7-3-2-4-8-19/h2-10,18,21-22,26-27H,11-16H2,1H3. The molecule has 2 unspecified atom stereocenters. The maximum atomic E-state index is 13.0. The normalized spacial score (nSPS) is 22.6. The molecule has 1 aromatic heterocycles. The topological polar surface area (TPSA) is 62.2 Å². The zero-order chi connectivity index (χ0) is 20.5. The van der Waals surface area contributed by atoms with Gasteiger partial charge in [0.1, 0.15) is 11.9 Å². The Balaban J connectivity index is 1.17. The highest BCUT2D eigenvalue weighted by Crippen LogP contribution is 2.26. The summed E-state index contributed by atoms with van der Waals surface area (Å²) in [7, 11) is 0. The highest BCUT2D eigenvalue weighted by atomic mass is 16.2. The summed E-state index contributed by atoms with van der Waals surface area (Å²) in [5, 5.41) is 0. The van der Waals surface area contributed by atoms with Crippen LogP contribution in [-0.4, -0.2) is 39.5 Å². The number of amides is 1. The first-order valence-corrected chi connectivity index (χ1v) is 11.0. The number of rotatable bonds is 4. The molecule has 2 aliphatic rings. The molecule has 5 rings (SSSR count). The third-order valence-corrected chi connectivity index (χ3v) is 6.62. The molecular formula is C24H29N5O. The average molecular weight is 404 g/mol. The highest BCUT2D eigenvalue weighted by molar-refractivity contribution is 5.82. The van der Waals surface area contributed by atoms with E-state index in [9.17, 15) is 4.79 Å². The first kappa shape index (κ1) is 19.3. The Morgan fingerprint density at radius 2 is 1.77 bits per heavy atom. The van der Waals surface area contributed by atoms with Gasteiger partial charge in [-0.2, -0.15) is 0 Å². The monoisotopic (exact) mass is 403 g/mol. The van der Waals surface area contributed by atoms with Gasteiger partial charge in [0.15, 0.2) is 0 Å². The molecule has 2 fully saturated rings. The Bertz CT molecular complexity index is 1020. The van der Waals surface area contributed by atoms with Gasteiger partial charge in [-0.1, -0.05) is 42.5 Å². The Kier molecular flexibility index (Phi) is 5.27. The summed E-state index contributed by atoms with van der Waals surface area (Å²) in [6, 6.07) is 18.7. The van der Waals surface area contributed by atoms with Crippen molar-refractivity contribution in [1.82, 2.24) is 25.3 Å². The highest BCUT2D eigenvalue weighted by Gasteiger charge is 2.34. The van der Waals surface area contributed by atoms with E-state index >= 15 is 0 Å². The molecule has 0 aliphatic carbocycles. The lowest BCUT2D eigenvalue weighted by atomic mass is 9.95. The molecule has 6 nitrogen and oxygen atoms in total. The summed E-state index contributed by atoms with van der Waals surface area (Å²) in [6.45, 7) is 4.74. The van der Waals surface area contributed by atoms with Crippen molar-refractivity contribution in [2.45, 2.75) is 44.8 Å². The van der Waals surface area contributed by atoms with Crippen LogP contribution in [0.4, 0.5) is 0 Å². The van der Waals surface area contributed by atoms with Gasteiger partial charge >= 0.3 is 0 Å². The second-order valence-electron chi connectivity index (χ2n) is 8.57. The van der Waals surface area contributed by atoms with E-state index in [0.29, 0.717) is 5.92 Å². The molecule has 0 bridgehead atoms. The molecule has 2 N–H and O–H groups in total. The molecule has 2 aliphatic heterocycles. The van der Waals surface area contributed by atoms with Crippen LogP contribution in [0.1, 0.15) is 36.7 Å². The summed E-state index contributed by atoms with van der Waals surface area (Å²) < 4.78 is 2.34. The number of para-hydroxylation sites is 2. The number of imidazole rings is 1. The summed E-state index contributed by atoms with van der Waals surface area (Å²) in [5.74, 6) is 1.88. The second kappa shape index (κ2) is 8.20. The van der Waals surface area contributed by atoms with Crippen molar-refractivity contribution < 1.29 is 4.79 Å². The number of carbonyl (C=O) groups is 1. The third kappa shape index (κ3) is 3.73. The van der Waals surface area contributed by atoms with Crippen LogP contribution in [0.3, 0.4) is 0 Å². The number of aromatic nitrogens is 2. The molecule has 0 radical (unpaired) electrons. The average Bonchev–Trinajstić information content (AvgIpc) is 3.40. The smallest absolute Gasteiger partial charge is 0.241 e. The van der Waals surface area contributed by atoms with Crippen molar-refractivity contribution in [2.24, 2.45) is 5.92 Å². The maximum Gasteiger partial charge on any atom is 0.241 e. The summed E-state index contributed by atoms with van der Waals surface area (Å²) >= 11 is 0. The van der Waals surface area contributed by atoms with Crippen LogP contribution in [0, 0.1) is 12.8 Å². The molecule has 2 saturated heterocycles. The van der Waals surface area contributed by atoms with Crippen molar-refractivity contribution in [3.63, 3.8) is 0 Å². The minimum Gasteiger partial charge on any atom is -0.341 e. The molecule has 1 amide bonds. The number of piperidine rings is 1. The van der Waals surface area contributed by atoms with Gasteiger partial charge in [-0.05, 0) is 49.8 Å². The quantitative estimate of drug-likeness (QED) is 0.702. The fourth-order valence-corrected chi connectivity index (χ4v) is 4.86. The van der Waals surface area contributed by atoms with Gasteiger partial charge in [0.05, 0.1) is 11.0 Å². The second-order valence-corrected chi connectivity index (χ2v) is 8.57. The van der Waals surface area contributed by atoms with Gasteiger partial charge in [-0.3, -0.25) is 4.79 Å². The van der Waals surface area contributed by atoms with Gasteiger partial charge < -0.3 is 9.47 Å². The van der Waals surface area contributed by atoms with E-state index < -0.39 is 0 Å². The van der Waals surface area contributed by atoms with Crippen LogP contribution in [0.25, 0.3) is 11.0 Å². The van der Waals surface area contributed by atoms with Crippen molar-refractivity contribution in [1.29, 1.82) is 0 Å². The lowest BCUT2D eigenvalue weighted by molar-refractivity contribution is -0.134. The van der Waals surface area contributed by atoms with Crippen LogP contribution in [0.2, 0.25) is 0 Å². The lowest BCUT2D eigenvalue weighted by Gasteiger charge is -2.33. The number of hydrogen-bond acceptors (Lipinski definition) is 4. The van der Waals surface area contributed by atoms with Gasteiger partial charge in [-0.25, -0.2) is 15.8 Å². The number of fused-ring (bicyclic) bond motifs is 1. The van der Waals surface area contributed by atoms with Crippen molar-refractivity contribution in [3.8, 4) is 0 Å². The number of hydrazine groups is 1. The molecule has 3 aromatic rings. The fourth-order valence-electron chi connectivity index (χ4n) is 4.86. The Hall–Kier alpha value is -2.70. The summed E-state index contributed by atoms with van der Waals surface area (Å²) in [6.07, 6.45) is 2.88. The van der Waals surface area contributed by atoms with Crippen LogP contribution < -0.4 is 10.9 Å². The SMILES string of the molecule is Cc1nc2ccccc2n1CC1CCN(C(=O)C2CC(c3ccccc3)NN2)CC1. The number of aryl methyl sites for hydroxylation is 1. The third-order valence-electron chi connectivity index (χ3n) is 6.62. The van der Waals surface area contributed by atoms with Crippen LogP contribution in [0.5, 0.6) is 0 Å². The number of likely N-dealkylation sites (tertiary alicyclic amines) is 1. The van der Waals surface area contributed by atoms with Gasteiger partial charge in [-0.15, -0.1) is 0 Å². The molecule has 3 heterocycles. The van der Waals surface area contributed by atoms with E-state index in [4.69, 9.17) is 0 Å². The van der Waals surface area contributed by atoms with E-state index in [1.807, 2.05) is 29.2 Å². The number of hydrogen-bond donors (Lipinski definition) is 2. The fraction of sp³-hybridized carbons (Fsp3) is 0.417. The Labute approximate surface area is 177 Å². The zero-order valence-electron chi connectivity index (χ0n) is 17.4. The van der Waals surface area contributed by atoms with Crippen molar-refractivity contribution in [3.05, 3.63) is 66.0 Å².